The lowest BCUT2D eigenvalue weighted by Crippen LogP contribution is -2.43. The van der Waals surface area contributed by atoms with Gasteiger partial charge < -0.3 is 14.5 Å². The lowest BCUT2D eigenvalue weighted by atomic mass is 10.1. The molecule has 0 unspecified atom stereocenters. The van der Waals surface area contributed by atoms with E-state index >= 15 is 0 Å². The Kier molecular flexibility index (Phi) is 6.80. The topological polar surface area (TPSA) is 101 Å². The number of hydrogen-bond donors (Lipinski definition) is 0. The fourth-order valence-corrected chi connectivity index (χ4v) is 5.75. The van der Waals surface area contributed by atoms with Crippen LogP contribution in [-0.2, 0) is 35.4 Å². The van der Waals surface area contributed by atoms with Crippen molar-refractivity contribution in [2.24, 2.45) is 5.92 Å². The summed E-state index contributed by atoms with van der Waals surface area (Å²) in [6.45, 7) is 3.94. The van der Waals surface area contributed by atoms with Crippen molar-refractivity contribution in [1.82, 2.24) is 4.90 Å². The van der Waals surface area contributed by atoms with Crippen molar-refractivity contribution < 1.29 is 27.5 Å². The highest BCUT2D eigenvalue weighted by molar-refractivity contribution is 7.91. The third kappa shape index (κ3) is 5.00. The van der Waals surface area contributed by atoms with E-state index in [1.807, 2.05) is 24.3 Å². The van der Waals surface area contributed by atoms with Crippen LogP contribution in [0.15, 0.2) is 24.3 Å². The Hall–Kier alpha value is -2.42. The number of likely N-dealkylation sites (N-methyl/N-ethyl adjacent to an activating group) is 1. The Morgan fingerprint density at radius 3 is 2.47 bits per heavy atom. The number of hydrogen-bond acceptors (Lipinski definition) is 6. The lowest BCUT2D eigenvalue weighted by Gasteiger charge is -2.26. The van der Waals surface area contributed by atoms with E-state index in [0.29, 0.717) is 13.0 Å². The van der Waals surface area contributed by atoms with Crippen molar-refractivity contribution in [2.75, 3.05) is 36.1 Å². The number of anilines is 1. The summed E-state index contributed by atoms with van der Waals surface area (Å²) in [6.07, 6.45) is 1.35. The maximum atomic E-state index is 12.5. The molecule has 30 heavy (non-hydrogen) atoms. The summed E-state index contributed by atoms with van der Waals surface area (Å²) in [5.41, 5.74) is 1.90. The first-order chi connectivity index (χ1) is 14.2. The summed E-state index contributed by atoms with van der Waals surface area (Å²) in [4.78, 5) is 40.3. The number of carbonyl (C=O) groups is 3. The third-order valence-electron chi connectivity index (χ3n) is 5.76. The number of aryl methyl sites for hydroxylation is 1. The molecule has 2 heterocycles. The molecular weight excluding hydrogens is 408 g/mol. The van der Waals surface area contributed by atoms with Crippen molar-refractivity contribution >= 4 is 33.3 Å². The van der Waals surface area contributed by atoms with Crippen LogP contribution >= 0.6 is 0 Å². The predicted molar refractivity (Wildman–Crippen MR) is 112 cm³/mol. The number of sulfone groups is 1. The van der Waals surface area contributed by atoms with Crippen LogP contribution in [0.1, 0.15) is 32.3 Å². The maximum absolute atomic E-state index is 12.5. The van der Waals surface area contributed by atoms with Crippen LogP contribution in [0.4, 0.5) is 5.69 Å². The average Bonchev–Trinajstić information content (AvgIpc) is 3.29. The molecule has 0 aliphatic carbocycles. The minimum absolute atomic E-state index is 0.0426. The zero-order chi connectivity index (χ0) is 21.9. The van der Waals surface area contributed by atoms with Gasteiger partial charge in [-0.1, -0.05) is 19.1 Å². The Morgan fingerprint density at radius 2 is 1.90 bits per heavy atom. The normalized spacial score (nSPS) is 22.9. The summed E-state index contributed by atoms with van der Waals surface area (Å²) in [5, 5.41) is 0. The number of carbonyl (C=O) groups excluding carboxylic acids is 3. The van der Waals surface area contributed by atoms with Crippen molar-refractivity contribution in [3.05, 3.63) is 29.8 Å². The van der Waals surface area contributed by atoms with E-state index in [9.17, 15) is 22.8 Å². The molecule has 2 amide bonds. The van der Waals surface area contributed by atoms with Crippen LogP contribution in [0, 0.1) is 5.92 Å². The van der Waals surface area contributed by atoms with Gasteiger partial charge in [0.05, 0.1) is 17.4 Å². The average molecular weight is 437 g/mol. The van der Waals surface area contributed by atoms with Gasteiger partial charge in [-0.2, -0.15) is 0 Å². The summed E-state index contributed by atoms with van der Waals surface area (Å²) in [5.74, 6) is -1.76. The first-order valence-electron chi connectivity index (χ1n) is 10.3. The summed E-state index contributed by atoms with van der Waals surface area (Å²) >= 11 is 0. The minimum atomic E-state index is -3.12. The SMILES string of the molecule is CCc1ccc(N2C[C@H](C(=O)OCC(=O)N(CC)[C@@H]3CCS(=O)(=O)C3)CC2=O)cc1. The van der Waals surface area contributed by atoms with E-state index in [4.69, 9.17) is 4.74 Å². The highest BCUT2D eigenvalue weighted by Gasteiger charge is 2.37. The molecule has 0 saturated carbocycles. The van der Waals surface area contributed by atoms with Crippen molar-refractivity contribution in [3.63, 3.8) is 0 Å². The Morgan fingerprint density at radius 1 is 1.20 bits per heavy atom. The highest BCUT2D eigenvalue weighted by atomic mass is 32.2. The van der Waals surface area contributed by atoms with Crippen LogP contribution in [0.25, 0.3) is 0 Å². The molecule has 0 radical (unpaired) electrons. The first-order valence-corrected chi connectivity index (χ1v) is 12.1. The van der Waals surface area contributed by atoms with E-state index in [0.717, 1.165) is 17.7 Å². The quantitative estimate of drug-likeness (QED) is 0.595. The molecule has 1 aromatic carbocycles. The van der Waals surface area contributed by atoms with Gasteiger partial charge in [0.2, 0.25) is 5.91 Å². The van der Waals surface area contributed by atoms with Gasteiger partial charge in [-0.3, -0.25) is 14.4 Å². The van der Waals surface area contributed by atoms with Crippen molar-refractivity contribution in [3.8, 4) is 0 Å². The molecule has 0 spiro atoms. The van der Waals surface area contributed by atoms with Gasteiger partial charge >= 0.3 is 5.97 Å². The van der Waals surface area contributed by atoms with Gasteiger partial charge in [0.15, 0.2) is 16.4 Å². The zero-order valence-corrected chi connectivity index (χ0v) is 18.2. The molecule has 0 bridgehead atoms. The molecule has 2 saturated heterocycles. The molecule has 0 aromatic heterocycles. The van der Waals surface area contributed by atoms with Gasteiger partial charge in [0.25, 0.3) is 5.91 Å². The fourth-order valence-electron chi connectivity index (χ4n) is 4.02. The molecule has 2 fully saturated rings. The minimum Gasteiger partial charge on any atom is -0.455 e. The maximum Gasteiger partial charge on any atom is 0.311 e. The molecule has 2 aliphatic rings. The molecule has 164 valence electrons. The predicted octanol–water partition coefficient (Wildman–Crippen LogP) is 1.18. The lowest BCUT2D eigenvalue weighted by molar-refractivity contribution is -0.155. The van der Waals surface area contributed by atoms with Gasteiger partial charge in [-0.25, -0.2) is 8.42 Å². The number of rotatable bonds is 7. The number of ether oxygens (including phenoxy) is 1. The molecule has 2 atom stereocenters. The summed E-state index contributed by atoms with van der Waals surface area (Å²) in [6, 6.07) is 7.26. The van der Waals surface area contributed by atoms with Gasteiger partial charge in [0.1, 0.15) is 0 Å². The van der Waals surface area contributed by atoms with Gasteiger partial charge in [-0.15, -0.1) is 0 Å². The van der Waals surface area contributed by atoms with Crippen LogP contribution in [-0.4, -0.2) is 68.3 Å². The van der Waals surface area contributed by atoms with Crippen molar-refractivity contribution in [1.29, 1.82) is 0 Å². The second kappa shape index (κ2) is 9.16. The van der Waals surface area contributed by atoms with Crippen LogP contribution in [0.2, 0.25) is 0 Å². The first kappa shape index (κ1) is 22.3. The summed E-state index contributed by atoms with van der Waals surface area (Å²) in [7, 11) is -3.12. The Labute approximate surface area is 177 Å². The zero-order valence-electron chi connectivity index (χ0n) is 17.4. The molecule has 8 nitrogen and oxygen atoms in total. The largest absolute Gasteiger partial charge is 0.455 e. The van der Waals surface area contributed by atoms with E-state index in [2.05, 4.69) is 6.92 Å². The van der Waals surface area contributed by atoms with Crippen molar-refractivity contribution in [2.45, 2.75) is 39.2 Å². The highest BCUT2D eigenvalue weighted by Crippen LogP contribution is 2.26. The van der Waals surface area contributed by atoms with Crippen LogP contribution < -0.4 is 4.90 Å². The fraction of sp³-hybridized carbons (Fsp3) is 0.571. The molecule has 0 N–H and O–H groups in total. The van der Waals surface area contributed by atoms with E-state index < -0.39 is 34.2 Å². The van der Waals surface area contributed by atoms with Crippen LogP contribution in [0.5, 0.6) is 0 Å². The number of amides is 2. The Bertz CT molecular complexity index is 912. The standard InChI is InChI=1S/C21H28N2O6S/c1-3-15-5-7-17(8-6-15)23-12-16(11-19(23)24)21(26)29-13-20(25)22(4-2)18-9-10-30(27,28)14-18/h5-8,16,18H,3-4,9-14H2,1-2H3/t16-,18-/m1/s1. The molecule has 3 rings (SSSR count). The second-order valence-electron chi connectivity index (χ2n) is 7.77. The monoisotopic (exact) mass is 436 g/mol. The second-order valence-corrected chi connectivity index (χ2v) is 10.00. The van der Waals surface area contributed by atoms with Gasteiger partial charge in [0, 0.05) is 31.2 Å². The molecule has 2 aliphatic heterocycles. The number of benzene rings is 1. The smallest absolute Gasteiger partial charge is 0.311 e. The van der Waals surface area contributed by atoms with Gasteiger partial charge in [-0.05, 0) is 37.5 Å². The number of esters is 1. The Balaban J connectivity index is 1.54. The number of nitrogens with zero attached hydrogens (tertiary/aromatic N) is 2. The van der Waals surface area contributed by atoms with E-state index in [-0.39, 0.29) is 36.4 Å². The third-order valence-corrected chi connectivity index (χ3v) is 7.51. The van der Waals surface area contributed by atoms with Crippen LogP contribution in [0.3, 0.4) is 0 Å². The van der Waals surface area contributed by atoms with E-state index in [1.165, 1.54) is 4.90 Å². The molecule has 9 heteroatoms. The molecule has 1 aromatic rings. The summed E-state index contributed by atoms with van der Waals surface area (Å²) < 4.78 is 28.5. The molecular formula is C21H28N2O6S. The van der Waals surface area contributed by atoms with E-state index in [1.54, 1.807) is 11.8 Å².